The van der Waals surface area contributed by atoms with Crippen molar-refractivity contribution in [2.45, 2.75) is 66.3 Å². The van der Waals surface area contributed by atoms with Crippen LogP contribution in [-0.2, 0) is 12.8 Å². The van der Waals surface area contributed by atoms with Gasteiger partial charge in [0.1, 0.15) is 0 Å². The van der Waals surface area contributed by atoms with Crippen LogP contribution in [-0.4, -0.2) is 17.6 Å². The van der Waals surface area contributed by atoms with E-state index >= 15 is 0 Å². The molecule has 0 saturated carbocycles. The summed E-state index contributed by atoms with van der Waals surface area (Å²) in [5.74, 6) is 0. The first kappa shape index (κ1) is 16.2. The van der Waals surface area contributed by atoms with Crippen LogP contribution in [0, 0.1) is 5.41 Å². The van der Waals surface area contributed by atoms with Gasteiger partial charge in [0.25, 0.3) is 0 Å². The van der Waals surface area contributed by atoms with Crippen molar-refractivity contribution in [2.24, 2.45) is 5.41 Å². The Labute approximate surface area is 119 Å². The molecule has 0 amide bonds. The molecule has 1 aromatic heterocycles. The summed E-state index contributed by atoms with van der Waals surface area (Å²) in [4.78, 5) is 4.58. The molecule has 0 spiro atoms. The summed E-state index contributed by atoms with van der Waals surface area (Å²) in [6.07, 6.45) is 6.52. The van der Waals surface area contributed by atoms with Gasteiger partial charge < -0.3 is 5.32 Å². The van der Waals surface area contributed by atoms with Crippen molar-refractivity contribution in [2.75, 3.05) is 6.54 Å². The number of aromatic nitrogens is 1. The highest BCUT2D eigenvalue weighted by Gasteiger charge is 2.22. The summed E-state index contributed by atoms with van der Waals surface area (Å²) in [5.41, 5.74) is 2.82. The minimum Gasteiger partial charge on any atom is -0.314 e. The van der Waals surface area contributed by atoms with Crippen LogP contribution in [0.15, 0.2) is 18.3 Å². The molecule has 0 bridgehead atoms. The Morgan fingerprint density at radius 1 is 1.26 bits per heavy atom. The number of hydrogen-bond donors (Lipinski definition) is 1. The number of pyridine rings is 1. The minimum absolute atomic E-state index is 0.293. The molecule has 1 unspecified atom stereocenters. The lowest BCUT2D eigenvalue weighted by molar-refractivity contribution is 0.284. The van der Waals surface area contributed by atoms with E-state index in [2.05, 4.69) is 57.1 Å². The zero-order chi connectivity index (χ0) is 14.3. The second-order valence-electron chi connectivity index (χ2n) is 6.41. The van der Waals surface area contributed by atoms with Crippen molar-refractivity contribution in [3.05, 3.63) is 29.6 Å². The predicted molar refractivity (Wildman–Crippen MR) is 83.5 cm³/mol. The van der Waals surface area contributed by atoms with E-state index in [9.17, 15) is 0 Å². The van der Waals surface area contributed by atoms with Crippen LogP contribution in [0.25, 0.3) is 0 Å². The summed E-state index contributed by atoms with van der Waals surface area (Å²) in [6.45, 7) is 12.5. The number of nitrogens with zero attached hydrogens (tertiary/aromatic N) is 1. The first-order valence-electron chi connectivity index (χ1n) is 7.64. The summed E-state index contributed by atoms with van der Waals surface area (Å²) < 4.78 is 0. The molecule has 1 rings (SSSR count). The van der Waals surface area contributed by atoms with Gasteiger partial charge in [-0.1, -0.05) is 33.8 Å². The molecule has 0 aliphatic heterocycles. The highest BCUT2D eigenvalue weighted by Crippen LogP contribution is 2.26. The molecule has 2 heteroatoms. The van der Waals surface area contributed by atoms with Gasteiger partial charge in [0, 0.05) is 17.9 Å². The van der Waals surface area contributed by atoms with Crippen LogP contribution in [0.5, 0.6) is 0 Å². The van der Waals surface area contributed by atoms with Crippen LogP contribution in [0.1, 0.15) is 58.7 Å². The van der Waals surface area contributed by atoms with Gasteiger partial charge in [0.15, 0.2) is 0 Å². The van der Waals surface area contributed by atoms with Crippen molar-refractivity contribution < 1.29 is 0 Å². The van der Waals surface area contributed by atoms with E-state index in [1.165, 1.54) is 24.1 Å². The summed E-state index contributed by atoms with van der Waals surface area (Å²) >= 11 is 0. The van der Waals surface area contributed by atoms with Crippen LogP contribution < -0.4 is 5.32 Å². The summed E-state index contributed by atoms with van der Waals surface area (Å²) in [7, 11) is 0. The largest absolute Gasteiger partial charge is 0.314 e. The van der Waals surface area contributed by atoms with Gasteiger partial charge in [-0.25, -0.2) is 0 Å². The lowest BCUT2D eigenvalue weighted by Crippen LogP contribution is -2.32. The highest BCUT2D eigenvalue weighted by atomic mass is 14.9. The Balaban J connectivity index is 2.52. The van der Waals surface area contributed by atoms with E-state index in [4.69, 9.17) is 0 Å². The van der Waals surface area contributed by atoms with Crippen molar-refractivity contribution in [1.82, 2.24) is 10.3 Å². The van der Waals surface area contributed by atoms with E-state index < -0.39 is 0 Å². The molecule has 1 heterocycles. The standard InChI is InChI=1S/C17H30N2/c1-6-10-18-14(3)11-17(4,5)12-16-9-8-15(7-2)13-19-16/h8-9,13-14,18H,6-7,10-12H2,1-5H3. The fourth-order valence-electron chi connectivity index (χ4n) is 2.62. The monoisotopic (exact) mass is 262 g/mol. The fraction of sp³-hybridized carbons (Fsp3) is 0.706. The van der Waals surface area contributed by atoms with Gasteiger partial charge in [0.05, 0.1) is 0 Å². The molecule has 0 aliphatic rings. The predicted octanol–water partition coefficient (Wildman–Crippen LogP) is 3.99. The number of aryl methyl sites for hydroxylation is 1. The Morgan fingerprint density at radius 3 is 2.53 bits per heavy atom. The van der Waals surface area contributed by atoms with Crippen LogP contribution in [0.4, 0.5) is 0 Å². The first-order chi connectivity index (χ1) is 8.96. The third-order valence-electron chi connectivity index (χ3n) is 3.56. The summed E-state index contributed by atoms with van der Waals surface area (Å²) in [5, 5.41) is 3.57. The van der Waals surface area contributed by atoms with Crippen molar-refractivity contribution in [3.63, 3.8) is 0 Å². The van der Waals surface area contributed by atoms with Gasteiger partial charge in [-0.15, -0.1) is 0 Å². The van der Waals surface area contributed by atoms with Gasteiger partial charge in [-0.05, 0) is 56.2 Å². The Bertz CT molecular complexity index is 354. The lowest BCUT2D eigenvalue weighted by atomic mass is 9.81. The molecular formula is C17H30N2. The zero-order valence-electron chi connectivity index (χ0n) is 13.3. The topological polar surface area (TPSA) is 24.9 Å². The zero-order valence-corrected chi connectivity index (χ0v) is 13.3. The second-order valence-corrected chi connectivity index (χ2v) is 6.41. The average Bonchev–Trinajstić information content (AvgIpc) is 2.36. The minimum atomic E-state index is 0.293. The molecule has 0 saturated heterocycles. The van der Waals surface area contributed by atoms with Crippen LogP contribution >= 0.6 is 0 Å². The van der Waals surface area contributed by atoms with E-state index in [1.54, 1.807) is 0 Å². The van der Waals surface area contributed by atoms with Crippen molar-refractivity contribution in [1.29, 1.82) is 0 Å². The van der Waals surface area contributed by atoms with Crippen LogP contribution in [0.2, 0.25) is 0 Å². The van der Waals surface area contributed by atoms with Crippen LogP contribution in [0.3, 0.4) is 0 Å². The Hall–Kier alpha value is -0.890. The second kappa shape index (κ2) is 7.64. The maximum absolute atomic E-state index is 4.58. The third-order valence-corrected chi connectivity index (χ3v) is 3.56. The van der Waals surface area contributed by atoms with Gasteiger partial charge >= 0.3 is 0 Å². The fourth-order valence-corrected chi connectivity index (χ4v) is 2.62. The number of nitrogens with one attached hydrogen (secondary N) is 1. The third kappa shape index (κ3) is 6.20. The smallest absolute Gasteiger partial charge is 0.0409 e. The van der Waals surface area contributed by atoms with Crippen molar-refractivity contribution >= 4 is 0 Å². The molecule has 0 fully saturated rings. The molecule has 0 radical (unpaired) electrons. The van der Waals surface area contributed by atoms with E-state index in [0.717, 1.165) is 19.4 Å². The molecular weight excluding hydrogens is 232 g/mol. The van der Waals surface area contributed by atoms with Crippen molar-refractivity contribution in [3.8, 4) is 0 Å². The van der Waals surface area contributed by atoms with E-state index in [0.29, 0.717) is 11.5 Å². The molecule has 1 N–H and O–H groups in total. The molecule has 1 aromatic rings. The first-order valence-corrected chi connectivity index (χ1v) is 7.64. The van der Waals surface area contributed by atoms with Gasteiger partial charge in [-0.2, -0.15) is 0 Å². The number of rotatable bonds is 8. The van der Waals surface area contributed by atoms with Gasteiger partial charge in [-0.3, -0.25) is 4.98 Å². The maximum Gasteiger partial charge on any atom is 0.0409 e. The highest BCUT2D eigenvalue weighted by molar-refractivity contribution is 5.14. The van der Waals surface area contributed by atoms with Gasteiger partial charge in [0.2, 0.25) is 0 Å². The van der Waals surface area contributed by atoms with E-state index in [-0.39, 0.29) is 0 Å². The molecule has 0 aromatic carbocycles. The molecule has 1 atom stereocenters. The quantitative estimate of drug-likeness (QED) is 0.766. The Morgan fingerprint density at radius 2 is 2.00 bits per heavy atom. The molecule has 108 valence electrons. The normalized spacial score (nSPS) is 13.5. The maximum atomic E-state index is 4.58. The Kier molecular flexibility index (Phi) is 6.50. The molecule has 0 aliphatic carbocycles. The lowest BCUT2D eigenvalue weighted by Gasteiger charge is -2.28. The molecule has 2 nitrogen and oxygen atoms in total. The SMILES string of the molecule is CCCNC(C)CC(C)(C)Cc1ccc(CC)cn1. The number of hydrogen-bond acceptors (Lipinski definition) is 2. The van der Waals surface area contributed by atoms with E-state index in [1.807, 2.05) is 6.20 Å². The summed E-state index contributed by atoms with van der Waals surface area (Å²) in [6, 6.07) is 4.96. The molecule has 19 heavy (non-hydrogen) atoms. The average molecular weight is 262 g/mol.